The summed E-state index contributed by atoms with van der Waals surface area (Å²) < 4.78 is 5.44. The van der Waals surface area contributed by atoms with E-state index in [2.05, 4.69) is 47.6 Å². The first-order valence-corrected chi connectivity index (χ1v) is 11.5. The van der Waals surface area contributed by atoms with Crippen molar-refractivity contribution >= 4 is 34.3 Å². The summed E-state index contributed by atoms with van der Waals surface area (Å²) in [7, 11) is 0. The van der Waals surface area contributed by atoms with Crippen LogP contribution in [-0.2, 0) is 4.74 Å². The largest absolute Gasteiger partial charge is 0.378 e. The lowest BCUT2D eigenvalue weighted by Gasteiger charge is -2.28. The maximum atomic E-state index is 12.2. The summed E-state index contributed by atoms with van der Waals surface area (Å²) in [5.41, 5.74) is 4.94. The minimum Gasteiger partial charge on any atom is -0.378 e. The van der Waals surface area contributed by atoms with Crippen molar-refractivity contribution in [3.05, 3.63) is 60.4 Å². The minimum absolute atomic E-state index is 0.0318. The molecule has 34 heavy (non-hydrogen) atoms. The van der Waals surface area contributed by atoms with Crippen LogP contribution in [0.2, 0.25) is 0 Å². The highest BCUT2D eigenvalue weighted by Gasteiger charge is 2.23. The summed E-state index contributed by atoms with van der Waals surface area (Å²) in [5, 5.41) is 6.38. The normalized spacial score (nSPS) is 15.9. The first kappa shape index (κ1) is 20.6. The standard InChI is InChI=1S/C25H25N7O2/c33-25(29-19-5-6-19)17-3-1-16(2-4-17)22-30-21-23(26-15-27-24(21)31-22)28-18-7-9-20(10-8-18)32-11-13-34-14-12-32/h1-4,7-10,15,19H,5-6,11-14H2,(H,29,33)(H2,26,27,28,30,31). The number of nitrogens with one attached hydrogen (secondary N) is 3. The zero-order valence-electron chi connectivity index (χ0n) is 18.6. The van der Waals surface area contributed by atoms with Gasteiger partial charge in [0.25, 0.3) is 5.91 Å². The number of anilines is 3. The van der Waals surface area contributed by atoms with E-state index in [4.69, 9.17) is 4.74 Å². The first-order valence-electron chi connectivity index (χ1n) is 11.5. The second-order valence-electron chi connectivity index (χ2n) is 8.60. The third-order valence-electron chi connectivity index (χ3n) is 6.13. The van der Waals surface area contributed by atoms with E-state index in [9.17, 15) is 4.79 Å². The van der Waals surface area contributed by atoms with Crippen molar-refractivity contribution in [2.45, 2.75) is 18.9 Å². The maximum absolute atomic E-state index is 12.2. The van der Waals surface area contributed by atoms with Crippen molar-refractivity contribution in [3.8, 4) is 11.4 Å². The zero-order valence-corrected chi connectivity index (χ0v) is 18.6. The highest BCUT2D eigenvalue weighted by Crippen LogP contribution is 2.27. The third kappa shape index (κ3) is 4.29. The lowest BCUT2D eigenvalue weighted by atomic mass is 10.1. The van der Waals surface area contributed by atoms with E-state index in [1.54, 1.807) is 0 Å². The molecule has 1 saturated heterocycles. The quantitative estimate of drug-likeness (QED) is 0.408. The van der Waals surface area contributed by atoms with Crippen LogP contribution in [-0.4, -0.2) is 58.2 Å². The highest BCUT2D eigenvalue weighted by atomic mass is 16.5. The molecule has 6 rings (SSSR count). The van der Waals surface area contributed by atoms with E-state index in [-0.39, 0.29) is 5.91 Å². The Morgan fingerprint density at radius 3 is 2.50 bits per heavy atom. The smallest absolute Gasteiger partial charge is 0.251 e. The van der Waals surface area contributed by atoms with Crippen molar-refractivity contribution < 1.29 is 9.53 Å². The van der Waals surface area contributed by atoms with Crippen LogP contribution in [0.1, 0.15) is 23.2 Å². The summed E-state index contributed by atoms with van der Waals surface area (Å²) in [5.74, 6) is 1.30. The number of H-pyrrole nitrogens is 1. The van der Waals surface area contributed by atoms with Gasteiger partial charge in [-0.1, -0.05) is 12.1 Å². The lowest BCUT2D eigenvalue weighted by molar-refractivity contribution is 0.0951. The molecule has 0 unspecified atom stereocenters. The van der Waals surface area contributed by atoms with Crippen LogP contribution < -0.4 is 15.5 Å². The van der Waals surface area contributed by atoms with Crippen molar-refractivity contribution in [1.82, 2.24) is 25.3 Å². The number of hydrogen-bond acceptors (Lipinski definition) is 7. The molecule has 1 amide bonds. The Bertz CT molecular complexity index is 1310. The van der Waals surface area contributed by atoms with Gasteiger partial charge in [0.2, 0.25) is 0 Å². The van der Waals surface area contributed by atoms with Crippen molar-refractivity contribution in [1.29, 1.82) is 0 Å². The van der Waals surface area contributed by atoms with Gasteiger partial charge in [0.15, 0.2) is 11.5 Å². The monoisotopic (exact) mass is 455 g/mol. The second-order valence-corrected chi connectivity index (χ2v) is 8.60. The molecule has 2 fully saturated rings. The summed E-state index contributed by atoms with van der Waals surface area (Å²) in [6, 6.07) is 16.1. The third-order valence-corrected chi connectivity index (χ3v) is 6.13. The van der Waals surface area contributed by atoms with E-state index in [0.29, 0.717) is 28.9 Å². The molecule has 3 N–H and O–H groups in total. The van der Waals surface area contributed by atoms with Gasteiger partial charge in [-0.3, -0.25) is 4.79 Å². The first-order chi connectivity index (χ1) is 16.7. The van der Waals surface area contributed by atoms with E-state index >= 15 is 0 Å². The molecule has 2 aliphatic rings. The molecule has 0 radical (unpaired) electrons. The number of rotatable bonds is 6. The van der Waals surface area contributed by atoms with Crippen LogP contribution in [0.25, 0.3) is 22.6 Å². The van der Waals surface area contributed by atoms with Gasteiger partial charge in [-0.25, -0.2) is 15.0 Å². The Morgan fingerprint density at radius 2 is 1.76 bits per heavy atom. The fraction of sp³-hybridized carbons (Fsp3) is 0.280. The number of hydrogen-bond donors (Lipinski definition) is 3. The van der Waals surface area contributed by atoms with Gasteiger partial charge in [0.05, 0.1) is 13.2 Å². The number of carbonyl (C=O) groups excluding carboxylic acids is 1. The summed E-state index contributed by atoms with van der Waals surface area (Å²) in [6.07, 6.45) is 3.64. The van der Waals surface area contributed by atoms with Crippen molar-refractivity contribution in [2.24, 2.45) is 0 Å². The van der Waals surface area contributed by atoms with Gasteiger partial charge in [-0.2, -0.15) is 0 Å². The van der Waals surface area contributed by atoms with Gasteiger partial charge < -0.3 is 25.3 Å². The van der Waals surface area contributed by atoms with Crippen LogP contribution >= 0.6 is 0 Å². The molecule has 2 aromatic heterocycles. The molecule has 0 atom stereocenters. The Balaban J connectivity index is 1.21. The molecule has 0 bridgehead atoms. The molecule has 4 aromatic rings. The average molecular weight is 456 g/mol. The number of imidazole rings is 1. The van der Waals surface area contributed by atoms with Gasteiger partial charge in [0, 0.05) is 41.6 Å². The minimum atomic E-state index is -0.0318. The SMILES string of the molecule is O=C(NC1CC1)c1ccc(-c2nc3ncnc(Nc4ccc(N5CCOCC5)cc4)c3[nH]2)cc1. The van der Waals surface area contributed by atoms with E-state index in [1.807, 2.05) is 36.4 Å². The number of carbonyl (C=O) groups is 1. The second kappa shape index (κ2) is 8.75. The molecular weight excluding hydrogens is 430 g/mol. The van der Waals surface area contributed by atoms with Crippen molar-refractivity contribution in [2.75, 3.05) is 36.5 Å². The summed E-state index contributed by atoms with van der Waals surface area (Å²) >= 11 is 0. The number of ether oxygens (including phenoxy) is 1. The van der Waals surface area contributed by atoms with E-state index < -0.39 is 0 Å². The number of aromatic amines is 1. The summed E-state index contributed by atoms with van der Waals surface area (Å²) in [4.78, 5) is 31.3. The van der Waals surface area contributed by atoms with Gasteiger partial charge in [-0.05, 0) is 49.2 Å². The Kier molecular flexibility index (Phi) is 5.31. The molecule has 1 aliphatic heterocycles. The molecule has 9 heteroatoms. The highest BCUT2D eigenvalue weighted by molar-refractivity contribution is 5.95. The molecule has 3 heterocycles. The molecule has 2 aromatic carbocycles. The van der Waals surface area contributed by atoms with Crippen LogP contribution in [0, 0.1) is 0 Å². The molecule has 1 aliphatic carbocycles. The Hall–Kier alpha value is -3.98. The predicted octanol–water partition coefficient (Wildman–Crippen LogP) is 3.49. The number of benzene rings is 2. The number of nitrogens with zero attached hydrogens (tertiary/aromatic N) is 4. The van der Waals surface area contributed by atoms with Gasteiger partial charge in [0.1, 0.15) is 17.7 Å². The van der Waals surface area contributed by atoms with Crippen molar-refractivity contribution in [3.63, 3.8) is 0 Å². The van der Waals surface area contributed by atoms with Gasteiger partial charge in [-0.15, -0.1) is 0 Å². The van der Waals surface area contributed by atoms with Crippen LogP contribution in [0.5, 0.6) is 0 Å². The van der Waals surface area contributed by atoms with Crippen LogP contribution in [0.15, 0.2) is 54.9 Å². The fourth-order valence-electron chi connectivity index (χ4n) is 4.05. The van der Waals surface area contributed by atoms with E-state index in [1.165, 1.54) is 12.0 Å². The predicted molar refractivity (Wildman–Crippen MR) is 130 cm³/mol. The van der Waals surface area contributed by atoms with Gasteiger partial charge >= 0.3 is 0 Å². The van der Waals surface area contributed by atoms with E-state index in [0.717, 1.165) is 55.9 Å². The molecule has 1 saturated carbocycles. The maximum Gasteiger partial charge on any atom is 0.251 e. The Labute approximate surface area is 196 Å². The fourth-order valence-corrected chi connectivity index (χ4v) is 4.05. The molecule has 0 spiro atoms. The lowest BCUT2D eigenvalue weighted by Crippen LogP contribution is -2.36. The molecule has 172 valence electrons. The number of amides is 1. The van der Waals surface area contributed by atoms with Crippen LogP contribution in [0.3, 0.4) is 0 Å². The topological polar surface area (TPSA) is 108 Å². The zero-order chi connectivity index (χ0) is 22.9. The molecule has 9 nitrogen and oxygen atoms in total. The Morgan fingerprint density at radius 1 is 1.00 bits per heavy atom. The number of morpholine rings is 1. The summed E-state index contributed by atoms with van der Waals surface area (Å²) in [6.45, 7) is 3.33. The average Bonchev–Trinajstić information content (AvgIpc) is 3.59. The number of fused-ring (bicyclic) bond motifs is 1. The number of aromatic nitrogens is 4. The van der Waals surface area contributed by atoms with Crippen LogP contribution in [0.4, 0.5) is 17.2 Å². The molecular formula is C25H25N7O2.